The van der Waals surface area contributed by atoms with Gasteiger partial charge in [0.15, 0.2) is 4.17 Å². The van der Waals surface area contributed by atoms with Gasteiger partial charge in [-0.1, -0.05) is 13.3 Å². The number of nitrogens with zero attached hydrogens (tertiary/aromatic N) is 3. The Bertz CT molecular complexity index is 153. The summed E-state index contributed by atoms with van der Waals surface area (Å²) in [5, 5.41) is 6.11. The van der Waals surface area contributed by atoms with E-state index in [1.807, 2.05) is 5.01 Å². The van der Waals surface area contributed by atoms with Crippen molar-refractivity contribution in [2.75, 3.05) is 6.54 Å². The molecule has 0 aromatic heterocycles. The first-order valence-corrected chi connectivity index (χ1v) is 5.23. The minimum absolute atomic E-state index is 0.181. The summed E-state index contributed by atoms with van der Waals surface area (Å²) in [6.45, 7) is 3.16. The summed E-state index contributed by atoms with van der Waals surface area (Å²) in [5.74, 6) is 0. The molecule has 1 aliphatic heterocycles. The summed E-state index contributed by atoms with van der Waals surface area (Å²) in [5.41, 5.74) is 0. The van der Waals surface area contributed by atoms with Crippen molar-refractivity contribution in [1.29, 1.82) is 0 Å². The lowest BCUT2D eigenvalue weighted by atomic mass is 10.3. The Morgan fingerprint density at radius 2 is 2.45 bits per heavy atom. The van der Waals surface area contributed by atoms with E-state index in [4.69, 9.17) is 11.8 Å². The lowest BCUT2D eigenvalue weighted by Gasteiger charge is -2.20. The first kappa shape index (κ1) is 9.38. The molecule has 0 saturated carbocycles. The van der Waals surface area contributed by atoms with Crippen molar-refractivity contribution < 1.29 is 0 Å². The van der Waals surface area contributed by atoms with E-state index >= 15 is 0 Å². The molecule has 0 saturated heterocycles. The second-order valence-corrected chi connectivity index (χ2v) is 3.91. The quantitative estimate of drug-likeness (QED) is 0.343. The van der Waals surface area contributed by atoms with E-state index in [9.17, 15) is 0 Å². The first-order chi connectivity index (χ1) is 5.25. The summed E-state index contributed by atoms with van der Waals surface area (Å²) in [6.07, 6.45) is 4.01. The predicted octanol–water partition coefficient (Wildman–Crippen LogP) is 2.22. The highest BCUT2D eigenvalue weighted by molar-refractivity contribution is 14.1. The fourth-order valence-electron chi connectivity index (χ4n) is 0.837. The summed E-state index contributed by atoms with van der Waals surface area (Å²) in [6, 6.07) is 0. The molecular formula is C6H11ClIN3. The first-order valence-electron chi connectivity index (χ1n) is 3.64. The van der Waals surface area contributed by atoms with Crippen molar-refractivity contribution in [3.8, 4) is 0 Å². The molecule has 1 aliphatic rings. The minimum atomic E-state index is 0.181. The van der Waals surface area contributed by atoms with E-state index in [2.05, 4.69) is 34.6 Å². The molecule has 0 fully saturated rings. The van der Waals surface area contributed by atoms with Crippen LogP contribution in [0.5, 0.6) is 0 Å². The van der Waals surface area contributed by atoms with Crippen LogP contribution in [0.15, 0.2) is 5.10 Å². The van der Waals surface area contributed by atoms with Crippen molar-refractivity contribution >= 4 is 40.7 Å². The van der Waals surface area contributed by atoms with Gasteiger partial charge in [0.05, 0.1) is 0 Å². The highest BCUT2D eigenvalue weighted by Crippen LogP contribution is 2.20. The second kappa shape index (κ2) is 4.35. The van der Waals surface area contributed by atoms with Gasteiger partial charge in [-0.15, -0.1) is 0 Å². The van der Waals surface area contributed by atoms with Crippen molar-refractivity contribution in [3.05, 3.63) is 0 Å². The van der Waals surface area contributed by atoms with Crippen LogP contribution in [0.4, 0.5) is 0 Å². The Hall–Kier alpha value is 0.290. The smallest absolute Gasteiger partial charge is 0.185 e. The van der Waals surface area contributed by atoms with E-state index in [-0.39, 0.29) is 4.17 Å². The van der Waals surface area contributed by atoms with Crippen LogP contribution in [0, 0.1) is 0 Å². The predicted molar refractivity (Wildman–Crippen MR) is 55.6 cm³/mol. The summed E-state index contributed by atoms with van der Waals surface area (Å²) >= 11 is 8.03. The van der Waals surface area contributed by atoms with Gasteiger partial charge < -0.3 is 0 Å². The molecule has 1 unspecified atom stereocenters. The summed E-state index contributed by atoms with van der Waals surface area (Å²) in [7, 11) is 0. The molecule has 0 bridgehead atoms. The molecule has 5 heteroatoms. The van der Waals surface area contributed by atoms with Crippen LogP contribution in [0.3, 0.4) is 0 Å². The maximum atomic E-state index is 5.77. The highest BCUT2D eigenvalue weighted by atomic mass is 127. The lowest BCUT2D eigenvalue weighted by Crippen LogP contribution is -2.29. The number of unbranched alkanes of at least 4 members (excludes halogenated alkanes) is 1. The molecule has 0 amide bonds. The van der Waals surface area contributed by atoms with Crippen LogP contribution in [0.2, 0.25) is 0 Å². The van der Waals surface area contributed by atoms with Gasteiger partial charge in [0.2, 0.25) is 0 Å². The average molecular weight is 288 g/mol. The molecule has 1 rings (SSSR count). The van der Waals surface area contributed by atoms with E-state index in [1.54, 1.807) is 10.8 Å². The fraction of sp³-hybridized carbons (Fsp3) is 0.833. The van der Waals surface area contributed by atoms with Crippen molar-refractivity contribution in [2.24, 2.45) is 5.10 Å². The lowest BCUT2D eigenvalue weighted by molar-refractivity contribution is 0.259. The third-order valence-corrected chi connectivity index (χ3v) is 3.35. The number of hydrogen-bond acceptors (Lipinski definition) is 3. The SMILES string of the molecule is CCCCN1N=CN(Cl)C1I. The number of hydrogen-bond donors (Lipinski definition) is 0. The highest BCUT2D eigenvalue weighted by Gasteiger charge is 2.22. The van der Waals surface area contributed by atoms with Gasteiger partial charge in [-0.25, -0.2) is 4.42 Å². The zero-order valence-corrected chi connectivity index (χ0v) is 9.29. The van der Waals surface area contributed by atoms with Crippen LogP contribution in [0.1, 0.15) is 19.8 Å². The topological polar surface area (TPSA) is 18.8 Å². The number of alkyl halides is 1. The second-order valence-electron chi connectivity index (χ2n) is 2.40. The van der Waals surface area contributed by atoms with Gasteiger partial charge in [-0.3, -0.25) is 5.01 Å². The van der Waals surface area contributed by atoms with Gasteiger partial charge in [0.25, 0.3) is 0 Å². The van der Waals surface area contributed by atoms with Crippen LogP contribution in [-0.2, 0) is 0 Å². The molecule has 1 heterocycles. The monoisotopic (exact) mass is 287 g/mol. The van der Waals surface area contributed by atoms with E-state index in [0.29, 0.717) is 0 Å². The number of halogens is 2. The molecule has 0 spiro atoms. The van der Waals surface area contributed by atoms with E-state index in [0.717, 1.165) is 6.54 Å². The maximum Gasteiger partial charge on any atom is 0.185 e. The van der Waals surface area contributed by atoms with Gasteiger partial charge in [-0.2, -0.15) is 5.10 Å². The Labute approximate surface area is 85.6 Å². The molecule has 0 aliphatic carbocycles. The van der Waals surface area contributed by atoms with Gasteiger partial charge in [-0.05, 0) is 29.0 Å². The Morgan fingerprint density at radius 3 is 2.91 bits per heavy atom. The fourth-order valence-corrected chi connectivity index (χ4v) is 1.54. The average Bonchev–Trinajstić information content (AvgIpc) is 2.31. The standard InChI is InChI=1S/C6H11ClIN3/c1-2-3-4-11-6(8)10(7)5-9-11/h5-6H,2-4H2,1H3. The normalized spacial score (nSPS) is 23.4. The molecular weight excluding hydrogens is 276 g/mol. The van der Waals surface area contributed by atoms with Crippen LogP contribution in [0.25, 0.3) is 0 Å². The van der Waals surface area contributed by atoms with Gasteiger partial charge in [0.1, 0.15) is 6.34 Å². The Balaban J connectivity index is 2.31. The molecule has 64 valence electrons. The minimum Gasteiger partial charge on any atom is -0.263 e. The molecule has 0 N–H and O–H groups in total. The number of rotatable bonds is 3. The zero-order valence-electron chi connectivity index (χ0n) is 6.37. The number of hydrazone groups is 1. The zero-order chi connectivity index (χ0) is 8.27. The van der Waals surface area contributed by atoms with Crippen LogP contribution in [-0.4, -0.2) is 26.5 Å². The van der Waals surface area contributed by atoms with Crippen molar-refractivity contribution in [3.63, 3.8) is 0 Å². The Morgan fingerprint density at radius 1 is 1.73 bits per heavy atom. The molecule has 0 aromatic rings. The molecule has 1 atom stereocenters. The van der Waals surface area contributed by atoms with Crippen molar-refractivity contribution in [1.82, 2.24) is 9.43 Å². The van der Waals surface area contributed by atoms with Crippen molar-refractivity contribution in [2.45, 2.75) is 23.9 Å². The van der Waals surface area contributed by atoms with Crippen LogP contribution >= 0.6 is 34.4 Å². The van der Waals surface area contributed by atoms with Gasteiger partial charge in [0, 0.05) is 18.3 Å². The Kier molecular flexibility index (Phi) is 3.71. The maximum absolute atomic E-state index is 5.77. The summed E-state index contributed by atoms with van der Waals surface area (Å²) in [4.78, 5) is 0. The molecule has 11 heavy (non-hydrogen) atoms. The molecule has 3 nitrogen and oxygen atoms in total. The largest absolute Gasteiger partial charge is 0.263 e. The third-order valence-electron chi connectivity index (χ3n) is 1.50. The van der Waals surface area contributed by atoms with Gasteiger partial charge >= 0.3 is 0 Å². The third kappa shape index (κ3) is 2.37. The van der Waals surface area contributed by atoms with E-state index in [1.165, 1.54) is 12.8 Å². The summed E-state index contributed by atoms with van der Waals surface area (Å²) < 4.78 is 1.76. The molecule has 0 aromatic carbocycles. The molecule has 0 radical (unpaired) electrons. The van der Waals surface area contributed by atoms with E-state index < -0.39 is 0 Å². The van der Waals surface area contributed by atoms with Crippen LogP contribution < -0.4 is 0 Å².